The second-order valence-electron chi connectivity index (χ2n) is 6.74. The number of benzene rings is 2. The summed E-state index contributed by atoms with van der Waals surface area (Å²) in [5.74, 6) is -2.96. The van der Waals surface area contributed by atoms with Gasteiger partial charge in [0.2, 0.25) is 5.82 Å². The van der Waals surface area contributed by atoms with Gasteiger partial charge in [0.05, 0.1) is 16.2 Å². The van der Waals surface area contributed by atoms with E-state index in [2.05, 4.69) is 0 Å². The zero-order valence-electron chi connectivity index (χ0n) is 16.2. The number of rotatable bonds is 4. The van der Waals surface area contributed by atoms with Crippen molar-refractivity contribution in [2.24, 2.45) is 0 Å². The number of nitro groups is 1. The van der Waals surface area contributed by atoms with Crippen LogP contribution in [-0.4, -0.2) is 23.2 Å². The molecular weight excluding hydrogens is 501 g/mol. The average Bonchev–Trinajstić information content (AvgIpc) is 2.65. The number of nitro benzene ring substituents is 1. The lowest BCUT2D eigenvalue weighted by Crippen LogP contribution is -2.50. The van der Waals surface area contributed by atoms with Gasteiger partial charge in [-0.1, -0.05) is 6.07 Å². The van der Waals surface area contributed by atoms with Crippen molar-refractivity contribution in [1.82, 2.24) is 0 Å². The summed E-state index contributed by atoms with van der Waals surface area (Å²) >= 11 is 0. The Morgan fingerprint density at radius 2 is 1.44 bits per heavy atom. The van der Waals surface area contributed by atoms with E-state index in [4.69, 9.17) is 0 Å². The predicted octanol–water partition coefficient (Wildman–Crippen LogP) is 6.60. The summed E-state index contributed by atoms with van der Waals surface area (Å²) in [6.45, 7) is 0.564. The molecule has 0 radical (unpaired) electrons. The molecule has 0 spiro atoms. The van der Waals surface area contributed by atoms with E-state index in [0.29, 0.717) is 25.1 Å². The van der Waals surface area contributed by atoms with Crippen LogP contribution in [0.4, 0.5) is 59.7 Å². The van der Waals surface area contributed by atoms with Crippen molar-refractivity contribution in [1.29, 1.82) is 0 Å². The summed E-state index contributed by atoms with van der Waals surface area (Å²) in [7, 11) is 0. The third-order valence-corrected chi connectivity index (χ3v) is 4.46. The molecule has 2 aromatic carbocycles. The second-order valence-corrected chi connectivity index (χ2v) is 6.74. The third kappa shape index (κ3) is 4.75. The number of hydrogen-bond donors (Lipinski definition) is 1. The van der Waals surface area contributed by atoms with Crippen molar-refractivity contribution in [3.63, 3.8) is 0 Å². The molecule has 0 bridgehead atoms. The van der Waals surface area contributed by atoms with Crippen LogP contribution >= 0.6 is 0 Å². The van der Waals surface area contributed by atoms with E-state index in [9.17, 15) is 63.2 Å². The van der Waals surface area contributed by atoms with Crippen LogP contribution < -0.4 is 5.32 Å². The van der Waals surface area contributed by atoms with Gasteiger partial charge in [0, 0.05) is 17.2 Å². The minimum absolute atomic E-state index is 0.182. The Morgan fingerprint density at radius 1 is 0.912 bits per heavy atom. The Hall–Kier alpha value is -3.46. The maximum atomic E-state index is 14.3. The topological polar surface area (TPSA) is 72.2 Å². The van der Waals surface area contributed by atoms with Gasteiger partial charge in [0.25, 0.3) is 5.91 Å². The highest BCUT2D eigenvalue weighted by atomic mass is 19.4. The standard InChI is InChI=1S/C18H9F11N2O3/c1-7-4-9(15(20,17(24,25)26)18(27,28)29)6-10(16(21,22)23)13(7)30-14(32)8-2-3-11(19)12(5-8)31(33)34/h2-6H,1H3,(H,30,32). The van der Waals surface area contributed by atoms with Crippen LogP contribution in [0.2, 0.25) is 0 Å². The van der Waals surface area contributed by atoms with Crippen LogP contribution in [0.15, 0.2) is 30.3 Å². The molecule has 0 atom stereocenters. The third-order valence-electron chi connectivity index (χ3n) is 4.46. The minimum Gasteiger partial charge on any atom is -0.321 e. The SMILES string of the molecule is Cc1cc(C(F)(C(F)(F)F)C(F)(F)F)cc(C(F)(F)F)c1NC(=O)c1ccc(F)c([N+](=O)[O-])c1. The quantitative estimate of drug-likeness (QED) is 0.286. The van der Waals surface area contributed by atoms with Crippen LogP contribution in [0, 0.1) is 22.9 Å². The van der Waals surface area contributed by atoms with Gasteiger partial charge in [-0.2, -0.15) is 43.9 Å². The Labute approximate surface area is 181 Å². The van der Waals surface area contributed by atoms with E-state index in [1.165, 1.54) is 0 Å². The van der Waals surface area contributed by atoms with E-state index in [0.717, 1.165) is 0 Å². The number of hydrogen-bond acceptors (Lipinski definition) is 3. The summed E-state index contributed by atoms with van der Waals surface area (Å²) in [5, 5.41) is 12.3. The molecule has 0 aliphatic carbocycles. The molecule has 0 fully saturated rings. The van der Waals surface area contributed by atoms with Crippen molar-refractivity contribution in [3.05, 3.63) is 68.5 Å². The molecule has 2 rings (SSSR count). The first-order chi connectivity index (χ1) is 15.2. The van der Waals surface area contributed by atoms with Gasteiger partial charge < -0.3 is 5.32 Å². The van der Waals surface area contributed by atoms with E-state index >= 15 is 0 Å². The number of alkyl halides is 10. The Kier molecular flexibility index (Phi) is 6.61. The van der Waals surface area contributed by atoms with Gasteiger partial charge in [0.1, 0.15) is 0 Å². The maximum absolute atomic E-state index is 14.3. The Bertz CT molecular complexity index is 1120. The molecule has 5 nitrogen and oxygen atoms in total. The molecular formula is C18H9F11N2O3. The molecule has 0 aromatic heterocycles. The highest BCUT2D eigenvalue weighted by Gasteiger charge is 2.73. The first kappa shape index (κ1) is 26.8. The van der Waals surface area contributed by atoms with Crippen molar-refractivity contribution < 1.29 is 58.0 Å². The van der Waals surface area contributed by atoms with Gasteiger partial charge in [-0.3, -0.25) is 14.9 Å². The molecule has 2 aromatic rings. The monoisotopic (exact) mass is 510 g/mol. The normalized spacial score (nSPS) is 13.1. The number of nitrogens with zero attached hydrogens (tertiary/aromatic N) is 1. The largest absolute Gasteiger partial charge is 0.435 e. The Morgan fingerprint density at radius 3 is 1.88 bits per heavy atom. The van der Waals surface area contributed by atoms with Crippen LogP contribution in [0.5, 0.6) is 0 Å². The van der Waals surface area contributed by atoms with Gasteiger partial charge in [0.15, 0.2) is 0 Å². The molecule has 0 aliphatic rings. The molecule has 186 valence electrons. The van der Waals surface area contributed by atoms with Gasteiger partial charge in [-0.05, 0) is 30.7 Å². The van der Waals surface area contributed by atoms with E-state index in [1.54, 1.807) is 5.32 Å². The average molecular weight is 510 g/mol. The minimum atomic E-state index is -6.70. The predicted molar refractivity (Wildman–Crippen MR) is 92.1 cm³/mol. The summed E-state index contributed by atoms with van der Waals surface area (Å²) in [6, 6.07) is 0.448. The van der Waals surface area contributed by atoms with Crippen molar-refractivity contribution >= 4 is 17.3 Å². The first-order valence-electron chi connectivity index (χ1n) is 8.51. The highest BCUT2D eigenvalue weighted by Crippen LogP contribution is 2.54. The molecule has 0 aliphatic heterocycles. The second kappa shape index (κ2) is 8.39. The number of aryl methyl sites for hydroxylation is 1. The summed E-state index contributed by atoms with van der Waals surface area (Å²) < 4.78 is 146. The van der Waals surface area contributed by atoms with Gasteiger partial charge >= 0.3 is 29.9 Å². The number of carbonyl (C=O) groups excluding carboxylic acids is 1. The van der Waals surface area contributed by atoms with E-state index < -0.39 is 80.5 Å². The number of anilines is 1. The number of nitrogens with one attached hydrogen (secondary N) is 1. The summed E-state index contributed by atoms with van der Waals surface area (Å²) in [6.07, 6.45) is -19.1. The maximum Gasteiger partial charge on any atom is 0.435 e. The Balaban J connectivity index is 2.69. The van der Waals surface area contributed by atoms with Crippen LogP contribution in [0.25, 0.3) is 0 Å². The number of amides is 1. The fraction of sp³-hybridized carbons (Fsp3) is 0.278. The molecule has 1 N–H and O–H groups in total. The lowest BCUT2D eigenvalue weighted by atomic mass is 9.90. The van der Waals surface area contributed by atoms with Crippen LogP contribution in [0.3, 0.4) is 0 Å². The first-order valence-corrected chi connectivity index (χ1v) is 8.51. The lowest BCUT2D eigenvalue weighted by Gasteiger charge is -2.31. The lowest BCUT2D eigenvalue weighted by molar-refractivity contribution is -0.387. The fourth-order valence-corrected chi connectivity index (χ4v) is 2.84. The molecule has 1 amide bonds. The zero-order chi connectivity index (χ0) is 26.4. The molecule has 0 saturated carbocycles. The summed E-state index contributed by atoms with van der Waals surface area (Å²) in [5.41, 5.74) is -15.3. The van der Waals surface area contributed by atoms with Gasteiger partial charge in [-0.15, -0.1) is 0 Å². The number of carbonyl (C=O) groups is 1. The van der Waals surface area contributed by atoms with Crippen molar-refractivity contribution in [2.45, 2.75) is 31.1 Å². The highest BCUT2D eigenvalue weighted by molar-refractivity contribution is 6.05. The number of halogens is 11. The molecule has 34 heavy (non-hydrogen) atoms. The molecule has 0 saturated heterocycles. The van der Waals surface area contributed by atoms with Crippen LogP contribution in [0.1, 0.15) is 27.0 Å². The molecule has 0 heterocycles. The molecule has 0 unspecified atom stereocenters. The summed E-state index contributed by atoms with van der Waals surface area (Å²) in [4.78, 5) is 21.8. The van der Waals surface area contributed by atoms with Crippen molar-refractivity contribution in [3.8, 4) is 0 Å². The van der Waals surface area contributed by atoms with Crippen LogP contribution in [-0.2, 0) is 11.8 Å². The van der Waals surface area contributed by atoms with Crippen molar-refractivity contribution in [2.75, 3.05) is 5.32 Å². The van der Waals surface area contributed by atoms with Gasteiger partial charge in [-0.25, -0.2) is 4.39 Å². The molecule has 16 heteroatoms. The van der Waals surface area contributed by atoms with E-state index in [-0.39, 0.29) is 6.07 Å². The smallest absolute Gasteiger partial charge is 0.321 e. The zero-order valence-corrected chi connectivity index (χ0v) is 16.2. The fourth-order valence-electron chi connectivity index (χ4n) is 2.84. The van der Waals surface area contributed by atoms with E-state index in [1.807, 2.05) is 0 Å².